The quantitative estimate of drug-likeness (QED) is 0.801. The second-order valence-corrected chi connectivity index (χ2v) is 5.21. The number of hydrogen-bond donors (Lipinski definition) is 1. The number of benzene rings is 2. The molecule has 0 saturated carbocycles. The first-order valence-electron chi connectivity index (χ1n) is 7.38. The predicted octanol–water partition coefficient (Wildman–Crippen LogP) is 3.58. The number of aromatic nitrogens is 2. The highest BCUT2D eigenvalue weighted by Crippen LogP contribution is 2.17. The van der Waals surface area contributed by atoms with E-state index in [2.05, 4.69) is 15.3 Å². The molecule has 2 aromatic carbocycles. The second kappa shape index (κ2) is 6.71. The standard InChI is InChI=1S/C19H14N4O/c1-13-17(12-21-18(22-13)15-7-3-2-4-8-15)19(24)23-16-9-5-6-14(10-16)11-20/h2-10,12H,1H3,(H,23,24). The zero-order chi connectivity index (χ0) is 16.9. The van der Waals surface area contributed by atoms with Gasteiger partial charge in [0.2, 0.25) is 0 Å². The van der Waals surface area contributed by atoms with E-state index in [0.717, 1.165) is 5.56 Å². The first kappa shape index (κ1) is 15.4. The average Bonchev–Trinajstić information content (AvgIpc) is 2.62. The maximum atomic E-state index is 12.4. The van der Waals surface area contributed by atoms with Crippen molar-refractivity contribution in [3.05, 3.63) is 77.6 Å². The smallest absolute Gasteiger partial charge is 0.259 e. The third-order valence-electron chi connectivity index (χ3n) is 3.51. The van der Waals surface area contributed by atoms with E-state index in [1.165, 1.54) is 6.20 Å². The lowest BCUT2D eigenvalue weighted by Crippen LogP contribution is -2.15. The van der Waals surface area contributed by atoms with Gasteiger partial charge in [-0.2, -0.15) is 5.26 Å². The highest BCUT2D eigenvalue weighted by Gasteiger charge is 2.13. The molecule has 3 aromatic rings. The molecule has 5 heteroatoms. The summed E-state index contributed by atoms with van der Waals surface area (Å²) in [5.41, 5.74) is 2.94. The van der Waals surface area contributed by atoms with Crippen molar-refractivity contribution in [2.75, 3.05) is 5.32 Å². The van der Waals surface area contributed by atoms with Crippen molar-refractivity contribution >= 4 is 11.6 Å². The number of rotatable bonds is 3. The lowest BCUT2D eigenvalue weighted by atomic mass is 10.1. The largest absolute Gasteiger partial charge is 0.322 e. The maximum absolute atomic E-state index is 12.4. The van der Waals surface area contributed by atoms with Gasteiger partial charge in [0.25, 0.3) is 5.91 Å². The number of carbonyl (C=O) groups excluding carboxylic acids is 1. The van der Waals surface area contributed by atoms with E-state index in [-0.39, 0.29) is 5.91 Å². The second-order valence-electron chi connectivity index (χ2n) is 5.21. The number of nitriles is 1. The Morgan fingerprint density at radius 1 is 1.12 bits per heavy atom. The molecule has 24 heavy (non-hydrogen) atoms. The molecule has 1 amide bonds. The number of carbonyl (C=O) groups is 1. The van der Waals surface area contributed by atoms with Crippen LogP contribution in [0.3, 0.4) is 0 Å². The number of amides is 1. The molecular formula is C19H14N4O. The minimum Gasteiger partial charge on any atom is -0.322 e. The lowest BCUT2D eigenvalue weighted by Gasteiger charge is -2.08. The highest BCUT2D eigenvalue weighted by atomic mass is 16.1. The van der Waals surface area contributed by atoms with Crippen molar-refractivity contribution in [3.63, 3.8) is 0 Å². The van der Waals surface area contributed by atoms with Gasteiger partial charge in [-0.05, 0) is 25.1 Å². The monoisotopic (exact) mass is 314 g/mol. The van der Waals surface area contributed by atoms with Crippen LogP contribution in [-0.4, -0.2) is 15.9 Å². The Bertz CT molecular complexity index is 930. The number of nitrogens with zero attached hydrogens (tertiary/aromatic N) is 3. The van der Waals surface area contributed by atoms with Crippen LogP contribution in [0.4, 0.5) is 5.69 Å². The van der Waals surface area contributed by atoms with Crippen molar-refractivity contribution in [2.45, 2.75) is 6.92 Å². The van der Waals surface area contributed by atoms with E-state index < -0.39 is 0 Å². The summed E-state index contributed by atoms with van der Waals surface area (Å²) < 4.78 is 0. The summed E-state index contributed by atoms with van der Waals surface area (Å²) in [7, 11) is 0. The Morgan fingerprint density at radius 3 is 2.62 bits per heavy atom. The summed E-state index contributed by atoms with van der Waals surface area (Å²) >= 11 is 0. The zero-order valence-electron chi connectivity index (χ0n) is 13.0. The predicted molar refractivity (Wildman–Crippen MR) is 91.3 cm³/mol. The van der Waals surface area contributed by atoms with Gasteiger partial charge in [0.1, 0.15) is 0 Å². The van der Waals surface area contributed by atoms with Crippen LogP contribution < -0.4 is 5.32 Å². The van der Waals surface area contributed by atoms with Gasteiger partial charge in [-0.25, -0.2) is 9.97 Å². The van der Waals surface area contributed by atoms with Crippen LogP contribution in [-0.2, 0) is 0 Å². The molecule has 0 fully saturated rings. The maximum Gasteiger partial charge on any atom is 0.259 e. The van der Waals surface area contributed by atoms with Crippen LogP contribution in [0.5, 0.6) is 0 Å². The van der Waals surface area contributed by atoms with Crippen molar-refractivity contribution in [1.82, 2.24) is 9.97 Å². The van der Waals surface area contributed by atoms with Crippen molar-refractivity contribution in [3.8, 4) is 17.5 Å². The number of nitrogens with one attached hydrogen (secondary N) is 1. The lowest BCUT2D eigenvalue weighted by molar-refractivity contribution is 0.102. The molecule has 1 heterocycles. The Balaban J connectivity index is 1.84. The van der Waals surface area contributed by atoms with Crippen LogP contribution in [0.25, 0.3) is 11.4 Å². The van der Waals surface area contributed by atoms with E-state index in [1.54, 1.807) is 31.2 Å². The molecule has 3 rings (SSSR count). The Hall–Kier alpha value is -3.52. The van der Waals surface area contributed by atoms with Crippen LogP contribution in [0.15, 0.2) is 60.8 Å². The van der Waals surface area contributed by atoms with Crippen LogP contribution in [0.2, 0.25) is 0 Å². The summed E-state index contributed by atoms with van der Waals surface area (Å²) in [4.78, 5) is 21.1. The van der Waals surface area contributed by atoms with Gasteiger partial charge in [-0.15, -0.1) is 0 Å². The minimum atomic E-state index is -0.304. The molecular weight excluding hydrogens is 300 g/mol. The number of anilines is 1. The molecule has 0 saturated heterocycles. The molecule has 0 atom stereocenters. The van der Waals surface area contributed by atoms with Crippen LogP contribution in [0, 0.1) is 18.3 Å². The normalized spacial score (nSPS) is 10.0. The summed E-state index contributed by atoms with van der Waals surface area (Å²) in [6, 6.07) is 18.4. The number of aryl methyl sites for hydroxylation is 1. The van der Waals surface area contributed by atoms with Gasteiger partial charge in [0.15, 0.2) is 5.82 Å². The van der Waals surface area contributed by atoms with E-state index in [0.29, 0.717) is 28.3 Å². The first-order valence-corrected chi connectivity index (χ1v) is 7.38. The van der Waals surface area contributed by atoms with E-state index in [1.807, 2.05) is 36.4 Å². The van der Waals surface area contributed by atoms with E-state index in [4.69, 9.17) is 5.26 Å². The Kier molecular flexibility index (Phi) is 4.30. The summed E-state index contributed by atoms with van der Waals surface area (Å²) in [5.74, 6) is 0.276. The molecule has 1 N–H and O–H groups in total. The van der Waals surface area contributed by atoms with Gasteiger partial charge in [-0.1, -0.05) is 36.4 Å². The van der Waals surface area contributed by atoms with E-state index >= 15 is 0 Å². The van der Waals surface area contributed by atoms with Gasteiger partial charge in [0.05, 0.1) is 22.9 Å². The van der Waals surface area contributed by atoms with Crippen LogP contribution >= 0.6 is 0 Å². The molecule has 0 aliphatic heterocycles. The van der Waals surface area contributed by atoms with Gasteiger partial charge in [0, 0.05) is 17.4 Å². The fourth-order valence-corrected chi connectivity index (χ4v) is 2.28. The fraction of sp³-hybridized carbons (Fsp3) is 0.0526. The van der Waals surface area contributed by atoms with Gasteiger partial charge < -0.3 is 5.32 Å². The molecule has 116 valence electrons. The van der Waals surface area contributed by atoms with Crippen molar-refractivity contribution in [2.24, 2.45) is 0 Å². The number of hydrogen-bond acceptors (Lipinski definition) is 4. The third-order valence-corrected chi connectivity index (χ3v) is 3.51. The molecule has 0 spiro atoms. The minimum absolute atomic E-state index is 0.304. The molecule has 5 nitrogen and oxygen atoms in total. The topological polar surface area (TPSA) is 78.7 Å². The average molecular weight is 314 g/mol. The molecule has 0 unspecified atom stereocenters. The Morgan fingerprint density at radius 2 is 1.92 bits per heavy atom. The fourth-order valence-electron chi connectivity index (χ4n) is 2.28. The molecule has 0 radical (unpaired) electrons. The van der Waals surface area contributed by atoms with Gasteiger partial charge >= 0.3 is 0 Å². The van der Waals surface area contributed by atoms with Crippen molar-refractivity contribution < 1.29 is 4.79 Å². The third kappa shape index (κ3) is 3.28. The SMILES string of the molecule is Cc1nc(-c2ccccc2)ncc1C(=O)Nc1cccc(C#N)c1. The van der Waals surface area contributed by atoms with Crippen LogP contribution in [0.1, 0.15) is 21.6 Å². The zero-order valence-corrected chi connectivity index (χ0v) is 13.0. The highest BCUT2D eigenvalue weighted by molar-refractivity contribution is 6.04. The molecule has 0 aliphatic rings. The molecule has 0 aliphatic carbocycles. The summed E-state index contributed by atoms with van der Waals surface area (Å²) in [5, 5.41) is 11.7. The van der Waals surface area contributed by atoms with Gasteiger partial charge in [-0.3, -0.25) is 4.79 Å². The molecule has 1 aromatic heterocycles. The van der Waals surface area contributed by atoms with E-state index in [9.17, 15) is 4.79 Å². The summed E-state index contributed by atoms with van der Waals surface area (Å²) in [6.45, 7) is 1.77. The molecule has 0 bridgehead atoms. The van der Waals surface area contributed by atoms with Crippen molar-refractivity contribution in [1.29, 1.82) is 5.26 Å². The Labute approximate surface area is 139 Å². The first-order chi connectivity index (χ1) is 11.7. The summed E-state index contributed by atoms with van der Waals surface area (Å²) in [6.07, 6.45) is 1.52.